The predicted molar refractivity (Wildman–Crippen MR) is 123 cm³/mol. The molecule has 214 valence electrons. The second kappa shape index (κ2) is 13.4. The SMILES string of the molecule is COCCN1C[C@@H]2[C@H](NC(=O)c3ccncc3)c3ccccc3[C@@H]2C1.O=C(O)C(F)(F)F.O=C(O)C(F)(F)F. The molecule has 2 aromatic rings. The van der Waals surface area contributed by atoms with Crippen molar-refractivity contribution in [2.45, 2.75) is 24.3 Å². The number of rotatable bonds is 5. The van der Waals surface area contributed by atoms with Crippen LogP contribution in [0.25, 0.3) is 0 Å². The van der Waals surface area contributed by atoms with Crippen molar-refractivity contribution < 1.29 is 55.7 Å². The van der Waals surface area contributed by atoms with Gasteiger partial charge in [-0.3, -0.25) is 9.78 Å². The summed E-state index contributed by atoms with van der Waals surface area (Å²) in [5.41, 5.74) is 3.31. The maximum absolute atomic E-state index is 12.7. The molecule has 1 aromatic heterocycles. The van der Waals surface area contributed by atoms with Crippen molar-refractivity contribution in [1.82, 2.24) is 15.2 Å². The summed E-state index contributed by atoms with van der Waals surface area (Å²) in [6, 6.07) is 12.1. The quantitative estimate of drug-likeness (QED) is 0.470. The summed E-state index contributed by atoms with van der Waals surface area (Å²) in [6.07, 6.45) is -6.86. The molecule has 15 heteroatoms. The number of aliphatic carboxylic acids is 2. The summed E-state index contributed by atoms with van der Waals surface area (Å²) < 4.78 is 68.7. The van der Waals surface area contributed by atoms with Gasteiger partial charge in [0.1, 0.15) is 0 Å². The number of alkyl halides is 6. The Balaban J connectivity index is 0.000000317. The lowest BCUT2D eigenvalue weighted by molar-refractivity contribution is -0.193. The van der Waals surface area contributed by atoms with Crippen molar-refractivity contribution in [2.24, 2.45) is 5.92 Å². The number of pyridine rings is 1. The van der Waals surface area contributed by atoms with Crippen molar-refractivity contribution >= 4 is 17.8 Å². The maximum Gasteiger partial charge on any atom is 0.490 e. The molecule has 0 unspecified atom stereocenters. The van der Waals surface area contributed by atoms with Crippen LogP contribution in [-0.2, 0) is 14.3 Å². The maximum atomic E-state index is 12.7. The van der Waals surface area contributed by atoms with Gasteiger partial charge < -0.3 is 25.2 Å². The van der Waals surface area contributed by atoms with E-state index in [9.17, 15) is 31.1 Å². The van der Waals surface area contributed by atoms with E-state index in [-0.39, 0.29) is 11.9 Å². The highest BCUT2D eigenvalue weighted by molar-refractivity contribution is 5.94. The first-order valence-electron chi connectivity index (χ1n) is 11.3. The Kier molecular flexibility index (Phi) is 10.8. The minimum absolute atomic E-state index is 0.0294. The van der Waals surface area contributed by atoms with E-state index < -0.39 is 24.3 Å². The van der Waals surface area contributed by atoms with Crippen LogP contribution in [0.1, 0.15) is 33.4 Å². The van der Waals surface area contributed by atoms with Crippen molar-refractivity contribution in [3.8, 4) is 0 Å². The molecule has 2 aliphatic rings. The lowest BCUT2D eigenvalue weighted by atomic mass is 9.94. The molecule has 1 amide bonds. The van der Waals surface area contributed by atoms with E-state index >= 15 is 0 Å². The molecule has 2 heterocycles. The Hall–Kier alpha value is -3.72. The van der Waals surface area contributed by atoms with E-state index in [2.05, 4.69) is 39.5 Å². The number of carboxylic acid groups (broad SMARTS) is 2. The molecular formula is C24H25F6N3O6. The second-order valence-electron chi connectivity index (χ2n) is 8.44. The Labute approximate surface area is 218 Å². The summed E-state index contributed by atoms with van der Waals surface area (Å²) in [5, 5.41) is 17.5. The average molecular weight is 565 g/mol. The molecular weight excluding hydrogens is 540 g/mol. The number of carbonyl (C=O) groups excluding carboxylic acids is 1. The zero-order valence-corrected chi connectivity index (χ0v) is 20.4. The van der Waals surface area contributed by atoms with Gasteiger partial charge in [-0.1, -0.05) is 24.3 Å². The fourth-order valence-electron chi connectivity index (χ4n) is 4.26. The highest BCUT2D eigenvalue weighted by Crippen LogP contribution is 2.49. The van der Waals surface area contributed by atoms with E-state index in [1.807, 2.05) is 0 Å². The van der Waals surface area contributed by atoms with Gasteiger partial charge in [0.05, 0.1) is 12.6 Å². The largest absolute Gasteiger partial charge is 0.490 e. The molecule has 3 N–H and O–H groups in total. The molecule has 1 aliphatic heterocycles. The molecule has 0 spiro atoms. The Morgan fingerprint density at radius 3 is 1.95 bits per heavy atom. The first-order chi connectivity index (χ1) is 18.2. The van der Waals surface area contributed by atoms with Crippen molar-refractivity contribution in [1.29, 1.82) is 0 Å². The van der Waals surface area contributed by atoms with Gasteiger partial charge in [-0.05, 0) is 23.3 Å². The summed E-state index contributed by atoms with van der Waals surface area (Å²) in [7, 11) is 1.74. The number of methoxy groups -OCH3 is 1. The van der Waals surface area contributed by atoms with Crippen LogP contribution in [0.15, 0.2) is 48.8 Å². The van der Waals surface area contributed by atoms with Crippen LogP contribution in [0.3, 0.4) is 0 Å². The number of hydrogen-bond donors (Lipinski definition) is 3. The smallest absolute Gasteiger partial charge is 0.475 e. The number of carbonyl (C=O) groups is 3. The Morgan fingerprint density at radius 2 is 1.46 bits per heavy atom. The third-order valence-electron chi connectivity index (χ3n) is 5.93. The van der Waals surface area contributed by atoms with E-state index in [1.54, 1.807) is 31.6 Å². The minimum Gasteiger partial charge on any atom is -0.475 e. The number of benzene rings is 1. The van der Waals surface area contributed by atoms with Crippen LogP contribution in [0.5, 0.6) is 0 Å². The highest BCUT2D eigenvalue weighted by Gasteiger charge is 2.46. The Bertz CT molecular complexity index is 1110. The van der Waals surface area contributed by atoms with Crippen LogP contribution >= 0.6 is 0 Å². The lowest BCUT2D eigenvalue weighted by Crippen LogP contribution is -2.34. The van der Waals surface area contributed by atoms with E-state index in [1.165, 1.54) is 11.1 Å². The molecule has 3 atom stereocenters. The standard InChI is InChI=1S/C20H23N3O2.2C2HF3O2/c1-25-11-10-23-12-17-15-4-2-3-5-16(15)19(18(17)13-23)22-20(24)14-6-8-21-9-7-14;2*3-2(4,5)1(6)7/h2-9,17-19H,10-13H2,1H3,(H,22,24);2*(H,6,7)/t17-,18-,19+;;/m0../s1. The molecule has 1 saturated heterocycles. The molecule has 4 rings (SSSR count). The van der Waals surface area contributed by atoms with Gasteiger partial charge in [-0.15, -0.1) is 0 Å². The number of likely N-dealkylation sites (tertiary alicyclic amines) is 1. The minimum atomic E-state index is -5.08. The number of carboxylic acids is 2. The summed E-state index contributed by atoms with van der Waals surface area (Å²) in [5.74, 6) is -4.64. The number of halogens is 6. The fraction of sp³-hybridized carbons (Fsp3) is 0.417. The van der Waals surface area contributed by atoms with Crippen LogP contribution in [-0.4, -0.2) is 83.6 Å². The topological polar surface area (TPSA) is 129 Å². The lowest BCUT2D eigenvalue weighted by Gasteiger charge is -2.23. The molecule has 9 nitrogen and oxygen atoms in total. The summed E-state index contributed by atoms with van der Waals surface area (Å²) >= 11 is 0. The fourth-order valence-corrected chi connectivity index (χ4v) is 4.26. The predicted octanol–water partition coefficient (Wildman–Crippen LogP) is 3.49. The Morgan fingerprint density at radius 1 is 0.949 bits per heavy atom. The van der Waals surface area contributed by atoms with E-state index in [0.29, 0.717) is 17.4 Å². The van der Waals surface area contributed by atoms with Gasteiger partial charge in [0.15, 0.2) is 0 Å². The number of nitrogens with zero attached hydrogens (tertiary/aromatic N) is 2. The van der Waals surface area contributed by atoms with Crippen molar-refractivity contribution in [3.05, 3.63) is 65.5 Å². The number of aromatic nitrogens is 1. The first kappa shape index (κ1) is 31.5. The zero-order valence-electron chi connectivity index (χ0n) is 20.4. The first-order valence-corrected chi connectivity index (χ1v) is 11.3. The van der Waals surface area contributed by atoms with Crippen molar-refractivity contribution in [3.63, 3.8) is 0 Å². The number of ether oxygens (including phenoxy) is 1. The van der Waals surface area contributed by atoms with Gasteiger partial charge in [-0.25, -0.2) is 9.59 Å². The summed E-state index contributed by atoms with van der Waals surface area (Å²) in [6.45, 7) is 3.71. The highest BCUT2D eigenvalue weighted by atomic mass is 19.4. The van der Waals surface area contributed by atoms with Crippen LogP contribution in [0, 0.1) is 5.92 Å². The second-order valence-corrected chi connectivity index (χ2v) is 8.44. The zero-order chi connectivity index (χ0) is 29.4. The number of hydrogen-bond acceptors (Lipinski definition) is 6. The number of fused-ring (bicyclic) bond motifs is 3. The van der Waals surface area contributed by atoms with E-state index in [4.69, 9.17) is 24.5 Å². The monoisotopic (exact) mass is 565 g/mol. The summed E-state index contributed by atoms with van der Waals surface area (Å²) in [4.78, 5) is 36.9. The third kappa shape index (κ3) is 8.92. The molecule has 0 bridgehead atoms. The van der Waals surface area contributed by atoms with Gasteiger partial charge in [0, 0.05) is 56.5 Å². The van der Waals surface area contributed by atoms with Gasteiger partial charge in [0.2, 0.25) is 0 Å². The van der Waals surface area contributed by atoms with E-state index in [0.717, 1.165) is 26.2 Å². The molecule has 0 saturated carbocycles. The molecule has 1 aliphatic carbocycles. The molecule has 1 aromatic carbocycles. The van der Waals surface area contributed by atoms with Crippen LogP contribution in [0.4, 0.5) is 26.3 Å². The third-order valence-corrected chi connectivity index (χ3v) is 5.93. The average Bonchev–Trinajstić information content (AvgIpc) is 3.41. The van der Waals surface area contributed by atoms with Gasteiger partial charge >= 0.3 is 24.3 Å². The normalized spacial score (nSPS) is 19.9. The van der Waals surface area contributed by atoms with Crippen LogP contribution < -0.4 is 5.32 Å². The number of nitrogens with one attached hydrogen (secondary N) is 1. The van der Waals surface area contributed by atoms with Crippen LogP contribution in [0.2, 0.25) is 0 Å². The number of amides is 1. The van der Waals surface area contributed by atoms with Gasteiger partial charge in [-0.2, -0.15) is 26.3 Å². The molecule has 0 radical (unpaired) electrons. The molecule has 1 fully saturated rings. The van der Waals surface area contributed by atoms with Gasteiger partial charge in [0.25, 0.3) is 5.91 Å². The van der Waals surface area contributed by atoms with Crippen molar-refractivity contribution in [2.75, 3.05) is 33.4 Å². The molecule has 39 heavy (non-hydrogen) atoms.